The van der Waals surface area contributed by atoms with Crippen LogP contribution in [0.2, 0.25) is 0 Å². The highest BCUT2D eigenvalue weighted by Gasteiger charge is 2.46. The fraction of sp³-hybridized carbons (Fsp3) is 0.484. The number of rotatable bonds is 12. The topological polar surface area (TPSA) is 97.8 Å². The van der Waals surface area contributed by atoms with Crippen LogP contribution in [0.1, 0.15) is 44.4 Å². The van der Waals surface area contributed by atoms with Crippen molar-refractivity contribution in [1.82, 2.24) is 9.80 Å². The molecular formula is C31H40N2O7. The summed E-state index contributed by atoms with van der Waals surface area (Å²) < 4.78 is 22.6. The van der Waals surface area contributed by atoms with Gasteiger partial charge in [-0.3, -0.25) is 14.5 Å². The Kier molecular flexibility index (Phi) is 10.1. The third-order valence-electron chi connectivity index (χ3n) is 7.20. The Morgan fingerprint density at radius 3 is 2.40 bits per heavy atom. The highest BCUT2D eigenvalue weighted by molar-refractivity contribution is 6.46. The van der Waals surface area contributed by atoms with Crippen LogP contribution in [0.5, 0.6) is 17.2 Å². The largest absolute Gasteiger partial charge is 0.507 e. The Hall–Kier alpha value is -3.56. The molecule has 1 N–H and O–H groups in total. The van der Waals surface area contributed by atoms with Gasteiger partial charge in [-0.2, -0.15) is 0 Å². The average molecular weight is 553 g/mol. The number of ether oxygens (including phenoxy) is 4. The lowest BCUT2D eigenvalue weighted by Gasteiger charge is -2.31. The molecule has 0 aromatic heterocycles. The highest BCUT2D eigenvalue weighted by Crippen LogP contribution is 2.42. The summed E-state index contributed by atoms with van der Waals surface area (Å²) in [6.07, 6.45) is 0.900. The van der Waals surface area contributed by atoms with Crippen LogP contribution in [0.15, 0.2) is 48.0 Å². The summed E-state index contributed by atoms with van der Waals surface area (Å²) in [6, 6.07) is 11.4. The van der Waals surface area contributed by atoms with Crippen molar-refractivity contribution in [3.8, 4) is 17.2 Å². The number of hydrogen-bond acceptors (Lipinski definition) is 8. The molecule has 2 aliphatic heterocycles. The van der Waals surface area contributed by atoms with E-state index >= 15 is 0 Å². The van der Waals surface area contributed by atoms with E-state index in [1.54, 1.807) is 36.3 Å². The van der Waals surface area contributed by atoms with E-state index in [0.29, 0.717) is 73.8 Å². The molecule has 0 radical (unpaired) electrons. The normalized spacial score (nSPS) is 19.3. The van der Waals surface area contributed by atoms with Crippen LogP contribution in [0.3, 0.4) is 0 Å². The lowest BCUT2D eigenvalue weighted by atomic mass is 9.95. The molecule has 216 valence electrons. The van der Waals surface area contributed by atoms with E-state index in [1.807, 2.05) is 25.1 Å². The summed E-state index contributed by atoms with van der Waals surface area (Å²) in [5.41, 5.74) is 1.14. The molecule has 2 fully saturated rings. The second-order valence-electron chi connectivity index (χ2n) is 10.3. The first-order valence-electron chi connectivity index (χ1n) is 14.0. The smallest absolute Gasteiger partial charge is 0.295 e. The molecule has 9 nitrogen and oxygen atoms in total. The number of aliphatic hydroxyl groups excluding tert-OH is 1. The summed E-state index contributed by atoms with van der Waals surface area (Å²) in [4.78, 5) is 30.6. The molecule has 2 aliphatic rings. The van der Waals surface area contributed by atoms with E-state index in [0.717, 1.165) is 19.5 Å². The molecule has 0 saturated carbocycles. The van der Waals surface area contributed by atoms with Gasteiger partial charge in [0.1, 0.15) is 11.5 Å². The van der Waals surface area contributed by atoms with Crippen LogP contribution in [0.4, 0.5) is 0 Å². The zero-order valence-electron chi connectivity index (χ0n) is 23.9. The van der Waals surface area contributed by atoms with Gasteiger partial charge in [0.2, 0.25) is 0 Å². The summed E-state index contributed by atoms with van der Waals surface area (Å²) in [5.74, 6) is 0.681. The predicted molar refractivity (Wildman–Crippen MR) is 152 cm³/mol. The number of aliphatic hydroxyl groups is 1. The van der Waals surface area contributed by atoms with E-state index in [4.69, 9.17) is 18.9 Å². The van der Waals surface area contributed by atoms with Gasteiger partial charge in [-0.05, 0) is 61.2 Å². The molecule has 2 heterocycles. The molecule has 4 rings (SSSR count). The maximum absolute atomic E-state index is 13.4. The molecule has 2 saturated heterocycles. The third-order valence-corrected chi connectivity index (χ3v) is 7.20. The third kappa shape index (κ3) is 6.77. The number of Topliss-reactive ketones (excluding diaryl/α,β-unsaturated/α-hetero) is 1. The first-order chi connectivity index (χ1) is 19.3. The van der Waals surface area contributed by atoms with Crippen LogP contribution in [0.25, 0.3) is 5.76 Å². The summed E-state index contributed by atoms with van der Waals surface area (Å²) in [5, 5.41) is 11.4. The van der Waals surface area contributed by atoms with Gasteiger partial charge < -0.3 is 29.0 Å². The quantitative estimate of drug-likeness (QED) is 0.237. The van der Waals surface area contributed by atoms with Gasteiger partial charge in [0.25, 0.3) is 11.7 Å². The van der Waals surface area contributed by atoms with Crippen molar-refractivity contribution in [3.05, 3.63) is 59.2 Å². The zero-order valence-corrected chi connectivity index (χ0v) is 23.9. The maximum Gasteiger partial charge on any atom is 0.295 e. The van der Waals surface area contributed by atoms with Gasteiger partial charge in [0.05, 0.1) is 45.2 Å². The number of carbonyl (C=O) groups excluding carboxylic acids is 2. The number of carbonyl (C=O) groups is 2. The molecule has 2 aromatic rings. The van der Waals surface area contributed by atoms with Gasteiger partial charge in [-0.1, -0.05) is 19.9 Å². The maximum atomic E-state index is 13.4. The Bertz CT molecular complexity index is 1200. The van der Waals surface area contributed by atoms with Crippen molar-refractivity contribution in [2.24, 2.45) is 5.92 Å². The van der Waals surface area contributed by atoms with Crippen LogP contribution in [-0.4, -0.2) is 86.3 Å². The van der Waals surface area contributed by atoms with Crippen molar-refractivity contribution in [2.45, 2.75) is 33.2 Å². The number of morpholine rings is 1. The second-order valence-corrected chi connectivity index (χ2v) is 10.3. The van der Waals surface area contributed by atoms with Gasteiger partial charge >= 0.3 is 0 Å². The summed E-state index contributed by atoms with van der Waals surface area (Å²) in [6.45, 7) is 10.8. The van der Waals surface area contributed by atoms with E-state index in [2.05, 4.69) is 18.7 Å². The van der Waals surface area contributed by atoms with Crippen molar-refractivity contribution in [1.29, 1.82) is 0 Å². The molecule has 40 heavy (non-hydrogen) atoms. The lowest BCUT2D eigenvalue weighted by Crippen LogP contribution is -2.42. The molecule has 1 unspecified atom stereocenters. The number of methoxy groups -OCH3 is 1. The first kappa shape index (κ1) is 29.4. The van der Waals surface area contributed by atoms with Crippen molar-refractivity contribution in [3.63, 3.8) is 0 Å². The number of amides is 1. The lowest BCUT2D eigenvalue weighted by molar-refractivity contribution is -0.140. The minimum absolute atomic E-state index is 0.0491. The molecule has 2 aromatic carbocycles. The van der Waals surface area contributed by atoms with Crippen LogP contribution in [-0.2, 0) is 14.3 Å². The highest BCUT2D eigenvalue weighted by atomic mass is 16.5. The van der Waals surface area contributed by atoms with E-state index in [9.17, 15) is 14.7 Å². The summed E-state index contributed by atoms with van der Waals surface area (Å²) in [7, 11) is 1.56. The fourth-order valence-corrected chi connectivity index (χ4v) is 4.92. The monoisotopic (exact) mass is 552 g/mol. The average Bonchev–Trinajstić information content (AvgIpc) is 3.22. The SMILES string of the molecule is CCOc1cc(C2C(=C(O)c3ccc(OC)cc3)C(=O)C(=O)N2CCN2CCOCC2)ccc1OCCC(C)C. The van der Waals surface area contributed by atoms with Crippen LogP contribution >= 0.6 is 0 Å². The minimum Gasteiger partial charge on any atom is -0.507 e. The molecule has 1 amide bonds. The summed E-state index contributed by atoms with van der Waals surface area (Å²) >= 11 is 0. The van der Waals surface area contributed by atoms with Crippen molar-refractivity contribution >= 4 is 17.4 Å². The standard InChI is InChI=1S/C31H40N2O7/c1-5-39-26-20-23(8-11-25(26)40-17-12-21(2)3)28-27(29(34)22-6-9-24(37-4)10-7-22)30(35)31(36)33(28)14-13-32-15-18-38-19-16-32/h6-11,20-21,28,34H,5,12-19H2,1-4H3. The Balaban J connectivity index is 1.74. The Labute approximate surface area is 236 Å². The van der Waals surface area contributed by atoms with Gasteiger partial charge in [0, 0.05) is 31.7 Å². The molecule has 0 spiro atoms. The molecule has 0 aliphatic carbocycles. The number of hydrogen-bond donors (Lipinski definition) is 1. The molecular weight excluding hydrogens is 512 g/mol. The van der Waals surface area contributed by atoms with Gasteiger partial charge in [0.15, 0.2) is 11.5 Å². The Morgan fingerprint density at radius 2 is 1.75 bits per heavy atom. The van der Waals surface area contributed by atoms with Crippen LogP contribution in [0, 0.1) is 5.92 Å². The van der Waals surface area contributed by atoms with Crippen molar-refractivity contribution < 1.29 is 33.6 Å². The zero-order chi connectivity index (χ0) is 28.6. The first-order valence-corrected chi connectivity index (χ1v) is 14.0. The van der Waals surface area contributed by atoms with Crippen molar-refractivity contribution in [2.75, 3.05) is 59.7 Å². The molecule has 1 atom stereocenters. The number of likely N-dealkylation sites (tertiary alicyclic amines) is 1. The van der Waals surface area contributed by atoms with E-state index < -0.39 is 17.7 Å². The molecule has 9 heteroatoms. The number of benzene rings is 2. The Morgan fingerprint density at radius 1 is 1.02 bits per heavy atom. The van der Waals surface area contributed by atoms with Gasteiger partial charge in [-0.15, -0.1) is 0 Å². The number of ketones is 1. The van der Waals surface area contributed by atoms with Crippen LogP contribution < -0.4 is 14.2 Å². The van der Waals surface area contributed by atoms with E-state index in [1.165, 1.54) is 0 Å². The number of nitrogens with zero attached hydrogens (tertiary/aromatic N) is 2. The predicted octanol–water partition coefficient (Wildman–Crippen LogP) is 4.27. The molecule has 0 bridgehead atoms. The second kappa shape index (κ2) is 13.7. The van der Waals surface area contributed by atoms with E-state index in [-0.39, 0.29) is 11.3 Å². The fourth-order valence-electron chi connectivity index (χ4n) is 4.92. The van der Waals surface area contributed by atoms with Gasteiger partial charge in [-0.25, -0.2) is 0 Å². The minimum atomic E-state index is -0.785.